The number of methoxy groups -OCH3 is 1. The molecule has 1 aliphatic heterocycles. The predicted octanol–water partition coefficient (Wildman–Crippen LogP) is 0.743. The van der Waals surface area contributed by atoms with E-state index in [9.17, 15) is 18.0 Å². The smallest absolute Gasteiger partial charge is 0.337 e. The van der Waals surface area contributed by atoms with Gasteiger partial charge in [0.05, 0.1) is 23.7 Å². The third-order valence-corrected chi connectivity index (χ3v) is 4.78. The second-order valence-corrected chi connectivity index (χ2v) is 7.57. The van der Waals surface area contributed by atoms with Crippen LogP contribution in [0.1, 0.15) is 23.2 Å². The molecule has 0 radical (unpaired) electrons. The Morgan fingerprint density at radius 3 is 2.52 bits per heavy atom. The van der Waals surface area contributed by atoms with Gasteiger partial charge in [0.25, 0.3) is 5.91 Å². The minimum absolute atomic E-state index is 0. The number of amides is 1. The van der Waals surface area contributed by atoms with Gasteiger partial charge in [-0.05, 0) is 31.0 Å². The quantitative estimate of drug-likeness (QED) is 0.708. The minimum atomic E-state index is -3.56. The van der Waals surface area contributed by atoms with E-state index in [0.717, 1.165) is 6.26 Å². The maximum absolute atomic E-state index is 12.2. The van der Waals surface area contributed by atoms with Crippen LogP contribution in [0.25, 0.3) is 0 Å². The summed E-state index contributed by atoms with van der Waals surface area (Å²) in [5.41, 5.74) is 5.72. The molecule has 1 saturated heterocycles. The molecule has 1 aromatic rings. The Morgan fingerprint density at radius 2 is 2.00 bits per heavy atom. The van der Waals surface area contributed by atoms with Crippen LogP contribution in [0, 0.1) is 0 Å². The Balaban J connectivity index is 0.00000312. The number of hydrogen-bond acceptors (Lipinski definition) is 7. The maximum atomic E-state index is 12.2. The van der Waals surface area contributed by atoms with Crippen LogP contribution >= 0.6 is 12.4 Å². The van der Waals surface area contributed by atoms with Gasteiger partial charge < -0.3 is 20.5 Å². The number of sulfone groups is 1. The van der Waals surface area contributed by atoms with Crippen molar-refractivity contribution in [3.63, 3.8) is 0 Å². The Morgan fingerprint density at radius 1 is 1.32 bits per heavy atom. The Bertz CT molecular complexity index is 752. The largest absolute Gasteiger partial charge is 0.465 e. The van der Waals surface area contributed by atoms with Crippen LogP contribution in [-0.4, -0.2) is 52.4 Å². The minimum Gasteiger partial charge on any atom is -0.465 e. The van der Waals surface area contributed by atoms with Crippen LogP contribution in [-0.2, 0) is 24.1 Å². The fourth-order valence-corrected chi connectivity index (χ4v) is 3.10. The number of nitrogens with one attached hydrogen (secondary N) is 1. The van der Waals surface area contributed by atoms with Crippen LogP contribution in [0.4, 0.5) is 5.69 Å². The molecule has 1 aromatic carbocycles. The van der Waals surface area contributed by atoms with Gasteiger partial charge in [0.15, 0.2) is 9.84 Å². The average Bonchev–Trinajstić information content (AvgIpc) is 3.02. The molecule has 140 valence electrons. The fourth-order valence-electron chi connectivity index (χ4n) is 2.42. The summed E-state index contributed by atoms with van der Waals surface area (Å²) in [6, 6.07) is 3.84. The molecule has 0 unspecified atom stereocenters. The molecular formula is C15H21ClN2O6S. The van der Waals surface area contributed by atoms with Crippen molar-refractivity contribution in [1.82, 2.24) is 0 Å². The molecule has 10 heteroatoms. The van der Waals surface area contributed by atoms with Crippen LogP contribution in [0.2, 0.25) is 0 Å². The zero-order chi connectivity index (χ0) is 17.9. The fraction of sp³-hybridized carbons (Fsp3) is 0.467. The molecule has 2 atom stereocenters. The lowest BCUT2D eigenvalue weighted by atomic mass is 10.1. The van der Waals surface area contributed by atoms with Gasteiger partial charge in [0, 0.05) is 18.5 Å². The second-order valence-electron chi connectivity index (χ2n) is 5.56. The summed E-state index contributed by atoms with van der Waals surface area (Å²) < 4.78 is 33.6. The summed E-state index contributed by atoms with van der Waals surface area (Å²) in [7, 11) is -2.38. The SMILES string of the molecule is COC(=O)c1cc(NC(=O)[C@@H]2CC[C@H](CN)O2)cc(S(C)(=O)=O)c1.Cl. The van der Waals surface area contributed by atoms with Gasteiger partial charge in [-0.1, -0.05) is 0 Å². The highest BCUT2D eigenvalue weighted by atomic mass is 35.5. The van der Waals surface area contributed by atoms with Gasteiger partial charge in [-0.25, -0.2) is 13.2 Å². The first-order chi connectivity index (χ1) is 11.2. The molecule has 0 bridgehead atoms. The molecule has 25 heavy (non-hydrogen) atoms. The summed E-state index contributed by atoms with van der Waals surface area (Å²) in [6.07, 6.45) is 1.42. The summed E-state index contributed by atoms with van der Waals surface area (Å²) in [5.74, 6) is -1.11. The van der Waals surface area contributed by atoms with E-state index in [-0.39, 0.29) is 34.7 Å². The third-order valence-electron chi connectivity index (χ3n) is 3.69. The van der Waals surface area contributed by atoms with Crippen LogP contribution in [0.5, 0.6) is 0 Å². The Labute approximate surface area is 152 Å². The average molecular weight is 393 g/mol. The van der Waals surface area contributed by atoms with E-state index in [2.05, 4.69) is 10.1 Å². The topological polar surface area (TPSA) is 125 Å². The van der Waals surface area contributed by atoms with E-state index in [1.807, 2.05) is 0 Å². The number of carbonyl (C=O) groups is 2. The maximum Gasteiger partial charge on any atom is 0.337 e. The van der Waals surface area contributed by atoms with Gasteiger partial charge in [0.2, 0.25) is 0 Å². The first-order valence-corrected chi connectivity index (χ1v) is 9.23. The van der Waals surface area contributed by atoms with Crippen molar-refractivity contribution in [1.29, 1.82) is 0 Å². The number of hydrogen-bond donors (Lipinski definition) is 2. The van der Waals surface area contributed by atoms with Crippen molar-refractivity contribution in [2.75, 3.05) is 25.2 Å². The molecule has 1 heterocycles. The van der Waals surface area contributed by atoms with E-state index in [1.54, 1.807) is 0 Å². The highest BCUT2D eigenvalue weighted by Gasteiger charge is 2.30. The number of esters is 1. The van der Waals surface area contributed by atoms with Crippen molar-refractivity contribution in [3.8, 4) is 0 Å². The van der Waals surface area contributed by atoms with Crippen molar-refractivity contribution < 1.29 is 27.5 Å². The molecule has 1 aliphatic rings. The van der Waals surface area contributed by atoms with Crippen LogP contribution in [0.15, 0.2) is 23.1 Å². The molecule has 2 rings (SSSR count). The van der Waals surface area contributed by atoms with Crippen LogP contribution in [0.3, 0.4) is 0 Å². The third kappa shape index (κ3) is 5.40. The number of nitrogens with two attached hydrogens (primary N) is 1. The van der Waals surface area contributed by atoms with Gasteiger partial charge in [-0.15, -0.1) is 12.4 Å². The molecule has 0 saturated carbocycles. The molecule has 1 amide bonds. The normalized spacial score (nSPS) is 19.8. The van der Waals surface area contributed by atoms with E-state index in [1.165, 1.54) is 25.3 Å². The lowest BCUT2D eigenvalue weighted by Gasteiger charge is -2.14. The Kier molecular flexibility index (Phi) is 7.36. The summed E-state index contributed by atoms with van der Waals surface area (Å²) in [6.45, 7) is 0.333. The van der Waals surface area contributed by atoms with Crippen molar-refractivity contribution in [2.45, 2.75) is 29.9 Å². The van der Waals surface area contributed by atoms with Gasteiger partial charge >= 0.3 is 5.97 Å². The number of halogens is 1. The standard InChI is InChI=1S/C15H20N2O6S.ClH/c1-22-15(19)9-5-10(7-12(6-9)24(2,20)21)17-14(18)13-4-3-11(8-16)23-13;/h5-7,11,13H,3-4,8,16H2,1-2H3,(H,17,18);1H/t11-,13+;/m1./s1. The van der Waals surface area contributed by atoms with Crippen LogP contribution < -0.4 is 11.1 Å². The summed E-state index contributed by atoms with van der Waals surface area (Å²) in [5, 5.41) is 2.58. The molecule has 0 spiro atoms. The highest BCUT2D eigenvalue weighted by Crippen LogP contribution is 2.23. The van der Waals surface area contributed by atoms with E-state index in [0.29, 0.717) is 19.4 Å². The lowest BCUT2D eigenvalue weighted by molar-refractivity contribution is -0.126. The number of benzene rings is 1. The number of ether oxygens (including phenoxy) is 2. The number of anilines is 1. The summed E-state index contributed by atoms with van der Waals surface area (Å²) >= 11 is 0. The zero-order valence-corrected chi connectivity index (χ0v) is 15.5. The lowest BCUT2D eigenvalue weighted by Crippen LogP contribution is -2.30. The molecule has 0 aliphatic carbocycles. The molecule has 8 nitrogen and oxygen atoms in total. The Hall–Kier alpha value is -1.68. The molecule has 3 N–H and O–H groups in total. The van der Waals surface area contributed by atoms with Gasteiger partial charge in [-0.3, -0.25) is 4.79 Å². The number of carbonyl (C=O) groups excluding carboxylic acids is 2. The van der Waals surface area contributed by atoms with Crippen molar-refractivity contribution in [2.24, 2.45) is 5.73 Å². The van der Waals surface area contributed by atoms with E-state index >= 15 is 0 Å². The highest BCUT2D eigenvalue weighted by molar-refractivity contribution is 7.90. The molecule has 0 aromatic heterocycles. The molecule has 1 fully saturated rings. The van der Waals surface area contributed by atoms with Crippen molar-refractivity contribution >= 4 is 39.8 Å². The van der Waals surface area contributed by atoms with E-state index in [4.69, 9.17) is 10.5 Å². The zero-order valence-electron chi connectivity index (χ0n) is 13.9. The molecular weight excluding hydrogens is 372 g/mol. The summed E-state index contributed by atoms with van der Waals surface area (Å²) in [4.78, 5) is 23.9. The first-order valence-electron chi connectivity index (χ1n) is 7.34. The second kappa shape index (κ2) is 8.61. The number of rotatable bonds is 5. The van der Waals surface area contributed by atoms with Gasteiger partial charge in [-0.2, -0.15) is 0 Å². The van der Waals surface area contributed by atoms with Gasteiger partial charge in [0.1, 0.15) is 6.10 Å². The predicted molar refractivity (Wildman–Crippen MR) is 93.7 cm³/mol. The first kappa shape index (κ1) is 21.4. The monoisotopic (exact) mass is 392 g/mol. The van der Waals surface area contributed by atoms with E-state index < -0.39 is 27.8 Å². The van der Waals surface area contributed by atoms with Crippen molar-refractivity contribution in [3.05, 3.63) is 23.8 Å².